The summed E-state index contributed by atoms with van der Waals surface area (Å²) < 4.78 is 84.3. The predicted molar refractivity (Wildman–Crippen MR) is 210 cm³/mol. The lowest BCUT2D eigenvalue weighted by molar-refractivity contribution is -0.150. The van der Waals surface area contributed by atoms with E-state index in [1.807, 2.05) is 0 Å². The van der Waals surface area contributed by atoms with E-state index < -0.39 is 49.2 Å². The standard InChI is InChI=1S/C39H46ClF3N7O6P/c1-20(2)55-36(51)21(3)44-38(53-4)57(52)56-25-15-22-7-10-27(41)30(42)28(22)26(16-25)32-31(43)33-29(34(40)46-32)35(49-17-23-8-9-24(18-49)45-23)48-37(47-33)54-19-39-11-5-13-50(39)14-6-12-39/h7,10,15-16,20-21,23-24,38,44-45,57H,5-6,8-9,11-14,17-19H2,1-4H3/t21-,23?,24?,38?/m0/s1. The van der Waals surface area contributed by atoms with Crippen molar-refractivity contribution in [3.05, 3.63) is 46.9 Å². The minimum absolute atomic E-state index is 0.0222. The Labute approximate surface area is 333 Å². The maximum absolute atomic E-state index is 17.3. The molecular formula is C39H46ClF3N7O6P. The van der Waals surface area contributed by atoms with E-state index in [2.05, 4.69) is 30.4 Å². The fourth-order valence-electron chi connectivity index (χ4n) is 8.84. The van der Waals surface area contributed by atoms with E-state index in [4.69, 9.17) is 35.3 Å². The van der Waals surface area contributed by atoms with Crippen LogP contribution in [0.1, 0.15) is 59.3 Å². The Morgan fingerprint density at radius 2 is 1.75 bits per heavy atom. The normalized spacial score (nSPS) is 21.9. The minimum Gasteiger partial charge on any atom is -0.462 e. The second kappa shape index (κ2) is 16.1. The lowest BCUT2D eigenvalue weighted by Gasteiger charge is -2.35. The SMILES string of the molecule is COC(N[C@@H](C)C(=O)OC(C)C)[PH](=O)Oc1cc(-c2nc(Cl)c3c(N4CC5CCC(C4)N5)nc(OCC45CCCN4CCC5)nc3c2F)c2c(F)c(F)ccc2c1. The number of esters is 1. The number of fused-ring (bicyclic) bond motifs is 5. The molecule has 4 aliphatic rings. The molecule has 0 radical (unpaired) electrons. The van der Waals surface area contributed by atoms with Gasteiger partial charge in [-0.15, -0.1) is 0 Å². The molecule has 4 saturated heterocycles. The van der Waals surface area contributed by atoms with Crippen molar-refractivity contribution in [3.63, 3.8) is 0 Å². The lowest BCUT2D eigenvalue weighted by Crippen LogP contribution is -2.51. The number of nitrogens with zero attached hydrogens (tertiary/aromatic N) is 5. The van der Waals surface area contributed by atoms with Gasteiger partial charge < -0.3 is 29.0 Å². The minimum atomic E-state index is -3.22. The van der Waals surface area contributed by atoms with Gasteiger partial charge in [-0.25, -0.2) is 18.2 Å². The number of hydrogen-bond acceptors (Lipinski definition) is 13. The summed E-state index contributed by atoms with van der Waals surface area (Å²) in [5.74, 6) is -4.96. The predicted octanol–water partition coefficient (Wildman–Crippen LogP) is 6.58. The number of methoxy groups -OCH3 is 1. The number of carbonyl (C=O) groups is 1. The van der Waals surface area contributed by atoms with Gasteiger partial charge >= 0.3 is 12.0 Å². The molecule has 4 aliphatic heterocycles. The summed E-state index contributed by atoms with van der Waals surface area (Å²) in [6.45, 7) is 8.44. The molecule has 2 aromatic heterocycles. The van der Waals surface area contributed by atoms with Gasteiger partial charge in [0.05, 0.1) is 17.0 Å². The van der Waals surface area contributed by atoms with Crippen LogP contribution < -0.4 is 24.8 Å². The highest BCUT2D eigenvalue weighted by molar-refractivity contribution is 7.40. The highest BCUT2D eigenvalue weighted by atomic mass is 35.5. The molecule has 2 bridgehead atoms. The first-order valence-electron chi connectivity index (χ1n) is 19.4. The van der Waals surface area contributed by atoms with E-state index >= 15 is 8.78 Å². The van der Waals surface area contributed by atoms with Crippen LogP contribution in [0.3, 0.4) is 0 Å². The van der Waals surface area contributed by atoms with Gasteiger partial charge in [0.15, 0.2) is 23.4 Å². The average Bonchev–Trinajstić information content (AvgIpc) is 3.88. The van der Waals surface area contributed by atoms with Crippen molar-refractivity contribution in [1.29, 1.82) is 0 Å². The number of anilines is 1. The first-order valence-corrected chi connectivity index (χ1v) is 21.2. The summed E-state index contributed by atoms with van der Waals surface area (Å²) in [7, 11) is -1.94. The second-order valence-electron chi connectivity index (χ2n) is 15.7. The van der Waals surface area contributed by atoms with Crippen molar-refractivity contribution in [3.8, 4) is 23.0 Å². The molecule has 0 saturated carbocycles. The van der Waals surface area contributed by atoms with Crippen LogP contribution in [0.5, 0.6) is 11.8 Å². The molecule has 0 spiro atoms. The zero-order valence-corrected chi connectivity index (χ0v) is 33.9. The van der Waals surface area contributed by atoms with Gasteiger partial charge in [0, 0.05) is 43.2 Å². The summed E-state index contributed by atoms with van der Waals surface area (Å²) in [4.78, 5) is 30.8. The van der Waals surface area contributed by atoms with Gasteiger partial charge in [-0.05, 0) is 96.0 Å². The van der Waals surface area contributed by atoms with Gasteiger partial charge in [-0.1, -0.05) is 17.7 Å². The molecule has 0 aliphatic carbocycles. The number of halogens is 4. The highest BCUT2D eigenvalue weighted by Crippen LogP contribution is 2.44. The molecule has 18 heteroatoms. The topological polar surface area (TPSA) is 140 Å². The highest BCUT2D eigenvalue weighted by Gasteiger charge is 2.45. The van der Waals surface area contributed by atoms with Gasteiger partial charge in [-0.3, -0.25) is 19.6 Å². The van der Waals surface area contributed by atoms with E-state index in [0.717, 1.165) is 57.7 Å². The molecule has 5 atom stereocenters. The number of piperazine rings is 1. The van der Waals surface area contributed by atoms with Crippen LogP contribution in [-0.2, 0) is 18.8 Å². The van der Waals surface area contributed by atoms with Crippen molar-refractivity contribution >= 4 is 53.1 Å². The van der Waals surface area contributed by atoms with Crippen LogP contribution >= 0.6 is 19.6 Å². The molecule has 2 aromatic carbocycles. The van der Waals surface area contributed by atoms with Gasteiger partial charge in [0.1, 0.15) is 40.6 Å². The maximum atomic E-state index is 17.3. The fourth-order valence-corrected chi connectivity index (χ4v) is 10.1. The monoisotopic (exact) mass is 831 g/mol. The molecule has 306 valence electrons. The summed E-state index contributed by atoms with van der Waals surface area (Å²) in [5.41, 5.74) is -0.993. The van der Waals surface area contributed by atoms with E-state index in [9.17, 15) is 13.8 Å². The van der Waals surface area contributed by atoms with Crippen LogP contribution in [0.2, 0.25) is 5.15 Å². The summed E-state index contributed by atoms with van der Waals surface area (Å²) >= 11 is 6.96. The number of ether oxygens (including phenoxy) is 3. The molecule has 13 nitrogen and oxygen atoms in total. The van der Waals surface area contributed by atoms with Crippen molar-refractivity contribution in [2.24, 2.45) is 0 Å². The molecule has 2 N–H and O–H groups in total. The zero-order chi connectivity index (χ0) is 40.2. The van der Waals surface area contributed by atoms with Crippen molar-refractivity contribution in [2.45, 2.75) is 95.0 Å². The number of aromatic nitrogens is 3. The molecule has 57 heavy (non-hydrogen) atoms. The third kappa shape index (κ3) is 7.76. The summed E-state index contributed by atoms with van der Waals surface area (Å²) in [6, 6.07) is 4.25. The number of pyridine rings is 1. The Morgan fingerprint density at radius 3 is 2.44 bits per heavy atom. The molecule has 4 aromatic rings. The Morgan fingerprint density at radius 1 is 1.04 bits per heavy atom. The molecule has 4 unspecified atom stereocenters. The van der Waals surface area contributed by atoms with Crippen LogP contribution in [0.15, 0.2) is 24.3 Å². The number of benzene rings is 2. The number of nitrogens with one attached hydrogen (secondary N) is 2. The van der Waals surface area contributed by atoms with E-state index in [1.54, 1.807) is 13.8 Å². The van der Waals surface area contributed by atoms with Crippen LogP contribution in [0.4, 0.5) is 19.0 Å². The average molecular weight is 832 g/mol. The third-order valence-corrected chi connectivity index (χ3v) is 13.1. The fraction of sp³-hybridized carbons (Fsp3) is 0.538. The largest absolute Gasteiger partial charge is 0.462 e. The smallest absolute Gasteiger partial charge is 0.323 e. The Bertz CT molecular complexity index is 2220. The zero-order valence-electron chi connectivity index (χ0n) is 32.2. The van der Waals surface area contributed by atoms with E-state index in [0.29, 0.717) is 25.5 Å². The lowest BCUT2D eigenvalue weighted by atomic mass is 9.95. The van der Waals surface area contributed by atoms with E-state index in [-0.39, 0.29) is 67.9 Å². The van der Waals surface area contributed by atoms with Crippen LogP contribution in [0, 0.1) is 17.5 Å². The Hall–Kier alpha value is -3.79. The first kappa shape index (κ1) is 40.0. The van der Waals surface area contributed by atoms with Gasteiger partial charge in [0.25, 0.3) is 8.03 Å². The Balaban J connectivity index is 1.21. The summed E-state index contributed by atoms with van der Waals surface area (Å²) in [6.07, 6.45) is 5.68. The summed E-state index contributed by atoms with van der Waals surface area (Å²) in [5, 5.41) is 6.20. The molecular weight excluding hydrogens is 786 g/mol. The quantitative estimate of drug-likeness (QED) is 0.0650. The second-order valence-corrected chi connectivity index (χ2v) is 17.4. The van der Waals surface area contributed by atoms with Crippen LogP contribution in [0.25, 0.3) is 32.9 Å². The first-order chi connectivity index (χ1) is 27.3. The third-order valence-electron chi connectivity index (χ3n) is 11.5. The van der Waals surface area contributed by atoms with Crippen molar-refractivity contribution in [2.75, 3.05) is 44.8 Å². The van der Waals surface area contributed by atoms with Crippen molar-refractivity contribution in [1.82, 2.24) is 30.5 Å². The Kier molecular flexibility index (Phi) is 11.3. The molecule has 0 amide bonds. The van der Waals surface area contributed by atoms with Crippen molar-refractivity contribution < 1.29 is 41.3 Å². The molecule has 4 fully saturated rings. The van der Waals surface area contributed by atoms with Crippen LogP contribution in [-0.4, -0.2) is 101 Å². The van der Waals surface area contributed by atoms with Gasteiger partial charge in [-0.2, -0.15) is 9.97 Å². The number of hydrogen-bond donors (Lipinski definition) is 2. The number of carbonyl (C=O) groups excluding carboxylic acids is 1. The number of rotatable bonds is 13. The maximum Gasteiger partial charge on any atom is 0.323 e. The molecule has 6 heterocycles. The van der Waals surface area contributed by atoms with E-state index in [1.165, 1.54) is 32.2 Å². The molecule has 8 rings (SSSR count). The van der Waals surface area contributed by atoms with Gasteiger partial charge in [0.2, 0.25) is 0 Å².